The summed E-state index contributed by atoms with van der Waals surface area (Å²) in [6, 6.07) is 62.3. The SMILES string of the molecule is C1=Cc2ccc3c4c(c(-c5nc6ccccc6n5-c5ccc(-c6c7ccccc7c(-c7ccccc7)c7ccc(-c8ccccc8)cc67)cc5)cc(c24)C1)CC=C3. The van der Waals surface area contributed by atoms with Gasteiger partial charge < -0.3 is 0 Å². The minimum Gasteiger partial charge on any atom is -0.292 e. The summed E-state index contributed by atoms with van der Waals surface area (Å²) in [5.74, 6) is 0.994. The Kier molecular flexibility index (Phi) is 7.09. The lowest BCUT2D eigenvalue weighted by atomic mass is 9.82. The highest BCUT2D eigenvalue weighted by atomic mass is 15.1. The fourth-order valence-corrected chi connectivity index (χ4v) is 9.70. The third-order valence-electron chi connectivity index (χ3n) is 12.2. The van der Waals surface area contributed by atoms with Crippen LogP contribution in [0, 0.1) is 0 Å². The molecule has 0 aliphatic heterocycles. The lowest BCUT2D eigenvalue weighted by Gasteiger charge is -2.23. The Balaban J connectivity index is 1.09. The second kappa shape index (κ2) is 12.6. The fraction of sp³-hybridized carbons (Fsp3) is 0.0364. The smallest absolute Gasteiger partial charge is 0.146 e. The standard InChI is InChI=1S/C55H36N2/c1-3-13-35(14-4-1)40-29-32-46-47(33-40)53(44-21-8-7-20-43(44)52(46)36-15-5-2-6-16-36)39-27-30-42(31-28-39)57-50-24-10-9-23-49(50)56-55(57)48-34-41-19-11-17-37-25-26-38-18-12-22-45(48)54(38)51(37)41/h1-18,20-21,23-34H,19,22H2. The Bertz CT molecular complexity index is 3310. The highest BCUT2D eigenvalue weighted by Crippen LogP contribution is 2.46. The molecule has 1 heterocycles. The minimum absolute atomic E-state index is 0.887. The highest BCUT2D eigenvalue weighted by Gasteiger charge is 2.25. The molecule has 12 rings (SSSR count). The van der Waals surface area contributed by atoms with Gasteiger partial charge in [0.1, 0.15) is 5.82 Å². The van der Waals surface area contributed by atoms with Crippen molar-refractivity contribution in [2.75, 3.05) is 0 Å². The van der Waals surface area contributed by atoms with Crippen LogP contribution in [-0.4, -0.2) is 9.55 Å². The summed E-state index contributed by atoms with van der Waals surface area (Å²) in [6.07, 6.45) is 11.0. The Morgan fingerprint density at radius 3 is 1.81 bits per heavy atom. The van der Waals surface area contributed by atoms with E-state index in [0.717, 1.165) is 35.4 Å². The van der Waals surface area contributed by atoms with Crippen molar-refractivity contribution in [3.63, 3.8) is 0 Å². The van der Waals surface area contributed by atoms with Crippen LogP contribution < -0.4 is 0 Å². The lowest BCUT2D eigenvalue weighted by Crippen LogP contribution is -2.06. The van der Waals surface area contributed by atoms with Gasteiger partial charge >= 0.3 is 0 Å². The van der Waals surface area contributed by atoms with Crippen molar-refractivity contribution in [3.05, 3.63) is 204 Å². The molecule has 0 amide bonds. The topological polar surface area (TPSA) is 17.8 Å². The molecule has 0 saturated heterocycles. The molecular weight excluding hydrogens is 689 g/mol. The molecule has 9 aromatic carbocycles. The van der Waals surface area contributed by atoms with E-state index >= 15 is 0 Å². The summed E-state index contributed by atoms with van der Waals surface area (Å²) < 4.78 is 2.38. The molecular formula is C55H36N2. The summed E-state index contributed by atoms with van der Waals surface area (Å²) >= 11 is 0. The average molecular weight is 725 g/mol. The maximum Gasteiger partial charge on any atom is 0.146 e. The molecule has 57 heavy (non-hydrogen) atoms. The first-order valence-electron chi connectivity index (χ1n) is 19.9. The van der Waals surface area contributed by atoms with Gasteiger partial charge in [-0.3, -0.25) is 4.57 Å². The number of rotatable bonds is 5. The van der Waals surface area contributed by atoms with Crippen molar-refractivity contribution in [2.24, 2.45) is 0 Å². The first-order chi connectivity index (χ1) is 28.3. The number of fused-ring (bicyclic) bond motifs is 3. The molecule has 0 unspecified atom stereocenters. The maximum absolute atomic E-state index is 5.40. The van der Waals surface area contributed by atoms with E-state index < -0.39 is 0 Å². The monoisotopic (exact) mass is 724 g/mol. The molecule has 0 bridgehead atoms. The molecule has 0 atom stereocenters. The van der Waals surface area contributed by atoms with Gasteiger partial charge in [0, 0.05) is 11.3 Å². The fourth-order valence-electron chi connectivity index (χ4n) is 9.70. The molecule has 10 aromatic rings. The number of hydrogen-bond donors (Lipinski definition) is 0. The van der Waals surface area contributed by atoms with Crippen molar-refractivity contribution in [1.82, 2.24) is 9.55 Å². The van der Waals surface area contributed by atoms with E-state index in [4.69, 9.17) is 4.98 Å². The molecule has 1 aromatic heterocycles. The van der Waals surface area contributed by atoms with Crippen LogP contribution in [0.15, 0.2) is 182 Å². The van der Waals surface area contributed by atoms with Gasteiger partial charge in [0.25, 0.3) is 0 Å². The molecule has 0 N–H and O–H groups in total. The van der Waals surface area contributed by atoms with Crippen LogP contribution in [0.5, 0.6) is 0 Å². The third-order valence-corrected chi connectivity index (χ3v) is 12.2. The Labute approximate surface area is 331 Å². The number of para-hydroxylation sites is 2. The highest BCUT2D eigenvalue weighted by molar-refractivity contribution is 6.22. The lowest BCUT2D eigenvalue weighted by molar-refractivity contribution is 1.09. The first-order valence-corrected chi connectivity index (χ1v) is 19.9. The van der Waals surface area contributed by atoms with Crippen molar-refractivity contribution in [1.29, 1.82) is 0 Å². The number of allylic oxidation sites excluding steroid dienone is 2. The third kappa shape index (κ3) is 4.94. The van der Waals surface area contributed by atoms with Gasteiger partial charge in [0.2, 0.25) is 0 Å². The van der Waals surface area contributed by atoms with Gasteiger partial charge in [-0.15, -0.1) is 0 Å². The zero-order valence-corrected chi connectivity index (χ0v) is 31.3. The van der Waals surface area contributed by atoms with Crippen LogP contribution >= 0.6 is 0 Å². The number of hydrogen-bond acceptors (Lipinski definition) is 1. The maximum atomic E-state index is 5.40. The summed E-state index contributed by atoms with van der Waals surface area (Å²) in [5.41, 5.74) is 17.1. The van der Waals surface area contributed by atoms with Gasteiger partial charge in [0.15, 0.2) is 0 Å². The predicted octanol–water partition coefficient (Wildman–Crippen LogP) is 14.3. The van der Waals surface area contributed by atoms with Crippen LogP contribution in [0.1, 0.15) is 22.3 Å². The first kappa shape index (κ1) is 32.0. The largest absolute Gasteiger partial charge is 0.292 e. The van der Waals surface area contributed by atoms with Crippen LogP contribution in [0.4, 0.5) is 0 Å². The van der Waals surface area contributed by atoms with E-state index in [1.165, 1.54) is 93.5 Å². The van der Waals surface area contributed by atoms with E-state index in [-0.39, 0.29) is 0 Å². The second-order valence-electron chi connectivity index (χ2n) is 15.4. The van der Waals surface area contributed by atoms with Crippen LogP contribution in [0.3, 0.4) is 0 Å². The minimum atomic E-state index is 0.887. The molecule has 2 heteroatoms. The molecule has 0 saturated carbocycles. The zero-order valence-electron chi connectivity index (χ0n) is 31.3. The summed E-state index contributed by atoms with van der Waals surface area (Å²) in [5, 5.41) is 7.79. The number of imidazole rings is 1. The van der Waals surface area contributed by atoms with E-state index in [2.05, 4.69) is 199 Å². The van der Waals surface area contributed by atoms with Crippen molar-refractivity contribution < 1.29 is 0 Å². The summed E-state index contributed by atoms with van der Waals surface area (Å²) in [6.45, 7) is 0. The second-order valence-corrected chi connectivity index (χ2v) is 15.4. The Hall–Kier alpha value is -7.29. The van der Waals surface area contributed by atoms with Gasteiger partial charge in [-0.25, -0.2) is 4.98 Å². The quantitative estimate of drug-likeness (QED) is 0.162. The van der Waals surface area contributed by atoms with Gasteiger partial charge in [-0.1, -0.05) is 158 Å². The molecule has 2 aliphatic rings. The molecule has 0 fully saturated rings. The zero-order chi connectivity index (χ0) is 37.5. The van der Waals surface area contributed by atoms with Crippen molar-refractivity contribution >= 4 is 55.5 Å². The van der Waals surface area contributed by atoms with Crippen LogP contribution in [-0.2, 0) is 12.8 Å². The Morgan fingerprint density at radius 1 is 0.439 bits per heavy atom. The Morgan fingerprint density at radius 2 is 1.04 bits per heavy atom. The van der Waals surface area contributed by atoms with E-state index in [1.807, 2.05) is 0 Å². The number of aromatic nitrogens is 2. The molecule has 0 radical (unpaired) electrons. The summed E-state index contributed by atoms with van der Waals surface area (Å²) in [7, 11) is 0. The predicted molar refractivity (Wildman–Crippen MR) is 241 cm³/mol. The van der Waals surface area contributed by atoms with E-state index in [1.54, 1.807) is 0 Å². The molecule has 2 aliphatic carbocycles. The van der Waals surface area contributed by atoms with Gasteiger partial charge in [-0.2, -0.15) is 0 Å². The number of nitrogens with zero attached hydrogens (tertiary/aromatic N) is 2. The average Bonchev–Trinajstić information content (AvgIpc) is 3.67. The normalized spacial score (nSPS) is 13.0. The molecule has 2 nitrogen and oxygen atoms in total. The molecule has 266 valence electrons. The van der Waals surface area contributed by atoms with Crippen molar-refractivity contribution in [3.8, 4) is 50.5 Å². The van der Waals surface area contributed by atoms with Gasteiger partial charge in [-0.05, 0) is 137 Å². The van der Waals surface area contributed by atoms with Gasteiger partial charge in [0.05, 0.1) is 11.0 Å². The van der Waals surface area contributed by atoms with E-state index in [9.17, 15) is 0 Å². The number of benzene rings is 9. The van der Waals surface area contributed by atoms with Crippen LogP contribution in [0.2, 0.25) is 0 Å². The van der Waals surface area contributed by atoms with E-state index in [0.29, 0.717) is 0 Å². The molecule has 0 spiro atoms. The summed E-state index contributed by atoms with van der Waals surface area (Å²) in [4.78, 5) is 5.40. The van der Waals surface area contributed by atoms with Crippen molar-refractivity contribution in [2.45, 2.75) is 12.8 Å². The van der Waals surface area contributed by atoms with Crippen LogP contribution in [0.25, 0.3) is 106 Å².